The molecule has 0 saturated heterocycles. The van der Waals surface area contributed by atoms with E-state index in [1.54, 1.807) is 0 Å². The first kappa shape index (κ1) is 14.7. The Bertz CT molecular complexity index is 537. The normalized spacial score (nSPS) is 11.4. The molecule has 6 heteroatoms. The van der Waals surface area contributed by atoms with Crippen LogP contribution in [0.5, 0.6) is 0 Å². The standard InChI is InChI=1S/C12H17NO4S/c1-3-4-8-13-18(16,17)11-7-5-6-10(9(11)2)12(14)15/h5-7,13H,3-4,8H2,1-2H3,(H,14,15). The predicted molar refractivity (Wildman–Crippen MR) is 68.2 cm³/mol. The van der Waals surface area contributed by atoms with Gasteiger partial charge in [0, 0.05) is 6.54 Å². The van der Waals surface area contributed by atoms with E-state index in [1.165, 1.54) is 25.1 Å². The Morgan fingerprint density at radius 2 is 2.06 bits per heavy atom. The second-order valence-corrected chi connectivity index (χ2v) is 5.72. The van der Waals surface area contributed by atoms with E-state index in [0.29, 0.717) is 6.54 Å². The largest absolute Gasteiger partial charge is 0.478 e. The third-order valence-electron chi connectivity index (χ3n) is 2.63. The molecule has 0 aliphatic carbocycles. The summed E-state index contributed by atoms with van der Waals surface area (Å²) in [5, 5.41) is 8.95. The summed E-state index contributed by atoms with van der Waals surface area (Å²) in [6.07, 6.45) is 1.63. The summed E-state index contributed by atoms with van der Waals surface area (Å²) in [5.74, 6) is -1.13. The minimum atomic E-state index is -3.63. The number of benzene rings is 1. The zero-order valence-corrected chi connectivity index (χ0v) is 11.3. The van der Waals surface area contributed by atoms with Crippen molar-refractivity contribution in [2.75, 3.05) is 6.54 Å². The Morgan fingerprint density at radius 3 is 2.61 bits per heavy atom. The van der Waals surface area contributed by atoms with Gasteiger partial charge in [-0.25, -0.2) is 17.9 Å². The van der Waals surface area contributed by atoms with Crippen molar-refractivity contribution in [3.8, 4) is 0 Å². The van der Waals surface area contributed by atoms with Crippen LogP contribution < -0.4 is 4.72 Å². The van der Waals surface area contributed by atoms with Gasteiger partial charge in [0.05, 0.1) is 10.5 Å². The molecule has 18 heavy (non-hydrogen) atoms. The molecule has 0 aliphatic heterocycles. The number of rotatable bonds is 6. The molecule has 100 valence electrons. The number of hydrogen-bond donors (Lipinski definition) is 2. The predicted octanol–water partition coefficient (Wildman–Crippen LogP) is 1.77. The average molecular weight is 271 g/mol. The first-order valence-electron chi connectivity index (χ1n) is 5.72. The Balaban J connectivity index is 3.09. The van der Waals surface area contributed by atoms with Gasteiger partial charge in [0.25, 0.3) is 0 Å². The van der Waals surface area contributed by atoms with Crippen LogP contribution in [0.1, 0.15) is 35.7 Å². The van der Waals surface area contributed by atoms with Gasteiger partial charge in [0.2, 0.25) is 10.0 Å². The Hall–Kier alpha value is -1.40. The van der Waals surface area contributed by atoms with Crippen LogP contribution in [-0.4, -0.2) is 26.0 Å². The minimum Gasteiger partial charge on any atom is -0.478 e. The molecule has 0 aromatic heterocycles. The zero-order chi connectivity index (χ0) is 13.8. The van der Waals surface area contributed by atoms with E-state index >= 15 is 0 Å². The van der Waals surface area contributed by atoms with Gasteiger partial charge in [-0.1, -0.05) is 19.4 Å². The van der Waals surface area contributed by atoms with Crippen molar-refractivity contribution in [3.63, 3.8) is 0 Å². The third-order valence-corrected chi connectivity index (χ3v) is 4.23. The maximum atomic E-state index is 12.0. The molecule has 0 aliphatic rings. The summed E-state index contributed by atoms with van der Waals surface area (Å²) in [7, 11) is -3.63. The monoisotopic (exact) mass is 271 g/mol. The minimum absolute atomic E-state index is 0.00775. The molecular weight excluding hydrogens is 254 g/mol. The summed E-state index contributed by atoms with van der Waals surface area (Å²) < 4.78 is 26.5. The summed E-state index contributed by atoms with van der Waals surface area (Å²) in [5.41, 5.74) is 0.266. The molecule has 0 heterocycles. The summed E-state index contributed by atoms with van der Waals surface area (Å²) in [6, 6.07) is 4.24. The van der Waals surface area contributed by atoms with Crippen molar-refractivity contribution in [2.45, 2.75) is 31.6 Å². The van der Waals surface area contributed by atoms with Crippen LogP contribution >= 0.6 is 0 Å². The number of carboxylic acids is 1. The van der Waals surface area contributed by atoms with Crippen LogP contribution in [0.25, 0.3) is 0 Å². The quantitative estimate of drug-likeness (QED) is 0.772. The lowest BCUT2D eigenvalue weighted by Gasteiger charge is -2.10. The van der Waals surface area contributed by atoms with Crippen LogP contribution in [0, 0.1) is 6.92 Å². The molecule has 0 amide bonds. The van der Waals surface area contributed by atoms with Crippen molar-refractivity contribution in [3.05, 3.63) is 29.3 Å². The summed E-state index contributed by atoms with van der Waals surface area (Å²) >= 11 is 0. The molecule has 5 nitrogen and oxygen atoms in total. The SMILES string of the molecule is CCCCNS(=O)(=O)c1cccc(C(=O)O)c1C. The highest BCUT2D eigenvalue weighted by Gasteiger charge is 2.19. The van der Waals surface area contributed by atoms with E-state index in [-0.39, 0.29) is 16.0 Å². The van der Waals surface area contributed by atoms with E-state index in [0.717, 1.165) is 12.8 Å². The maximum Gasteiger partial charge on any atom is 0.335 e. The van der Waals surface area contributed by atoms with E-state index in [9.17, 15) is 13.2 Å². The molecule has 1 rings (SSSR count). The van der Waals surface area contributed by atoms with Crippen LogP contribution in [0.3, 0.4) is 0 Å². The van der Waals surface area contributed by atoms with Crippen molar-refractivity contribution in [1.29, 1.82) is 0 Å². The number of hydrogen-bond acceptors (Lipinski definition) is 3. The Morgan fingerprint density at radius 1 is 1.39 bits per heavy atom. The number of aromatic carboxylic acids is 1. The number of carbonyl (C=O) groups is 1. The van der Waals surface area contributed by atoms with Gasteiger partial charge in [0.15, 0.2) is 0 Å². The molecule has 0 radical (unpaired) electrons. The summed E-state index contributed by atoms with van der Waals surface area (Å²) in [4.78, 5) is 11.0. The second kappa shape index (κ2) is 5.97. The van der Waals surface area contributed by atoms with Gasteiger partial charge in [-0.15, -0.1) is 0 Å². The molecular formula is C12H17NO4S. The molecule has 0 unspecified atom stereocenters. The number of sulfonamides is 1. The lowest BCUT2D eigenvalue weighted by Crippen LogP contribution is -2.25. The maximum absolute atomic E-state index is 12.0. The average Bonchev–Trinajstić information content (AvgIpc) is 2.28. The van der Waals surface area contributed by atoms with Crippen molar-refractivity contribution in [1.82, 2.24) is 4.72 Å². The number of nitrogens with one attached hydrogen (secondary N) is 1. The molecule has 2 N–H and O–H groups in total. The smallest absolute Gasteiger partial charge is 0.335 e. The molecule has 1 aromatic carbocycles. The van der Waals surface area contributed by atoms with Gasteiger partial charge >= 0.3 is 5.97 Å². The first-order valence-corrected chi connectivity index (χ1v) is 7.21. The fourth-order valence-electron chi connectivity index (χ4n) is 1.60. The van der Waals surface area contributed by atoms with Gasteiger partial charge in [-0.2, -0.15) is 0 Å². The van der Waals surface area contributed by atoms with E-state index in [4.69, 9.17) is 5.11 Å². The highest BCUT2D eigenvalue weighted by molar-refractivity contribution is 7.89. The molecule has 0 bridgehead atoms. The van der Waals surface area contributed by atoms with Crippen molar-refractivity contribution < 1.29 is 18.3 Å². The molecule has 0 saturated carbocycles. The Labute approximate surface area is 107 Å². The van der Waals surface area contributed by atoms with Crippen LogP contribution in [0.2, 0.25) is 0 Å². The number of carboxylic acid groups (broad SMARTS) is 1. The molecule has 0 atom stereocenters. The van der Waals surface area contributed by atoms with Crippen LogP contribution in [0.4, 0.5) is 0 Å². The lowest BCUT2D eigenvalue weighted by atomic mass is 10.1. The lowest BCUT2D eigenvalue weighted by molar-refractivity contribution is 0.0696. The van der Waals surface area contributed by atoms with E-state index < -0.39 is 16.0 Å². The highest BCUT2D eigenvalue weighted by atomic mass is 32.2. The summed E-state index contributed by atoms with van der Waals surface area (Å²) in [6.45, 7) is 3.82. The number of unbranched alkanes of at least 4 members (excludes halogenated alkanes) is 1. The second-order valence-electron chi connectivity index (χ2n) is 3.99. The first-order chi connectivity index (χ1) is 8.40. The third kappa shape index (κ3) is 3.30. The fraction of sp³-hybridized carbons (Fsp3) is 0.417. The van der Waals surface area contributed by atoms with Crippen LogP contribution in [0.15, 0.2) is 23.1 Å². The van der Waals surface area contributed by atoms with Crippen LogP contribution in [-0.2, 0) is 10.0 Å². The highest BCUT2D eigenvalue weighted by Crippen LogP contribution is 2.18. The zero-order valence-electron chi connectivity index (χ0n) is 10.4. The fourth-order valence-corrected chi connectivity index (χ4v) is 2.94. The topological polar surface area (TPSA) is 83.5 Å². The van der Waals surface area contributed by atoms with E-state index in [1.807, 2.05) is 6.92 Å². The molecule has 0 fully saturated rings. The molecule has 0 spiro atoms. The van der Waals surface area contributed by atoms with E-state index in [2.05, 4.69) is 4.72 Å². The van der Waals surface area contributed by atoms with Crippen molar-refractivity contribution >= 4 is 16.0 Å². The van der Waals surface area contributed by atoms with Gasteiger partial charge in [0.1, 0.15) is 0 Å². The molecule has 1 aromatic rings. The Kier molecular flexibility index (Phi) is 4.86. The van der Waals surface area contributed by atoms with Gasteiger partial charge in [-0.05, 0) is 31.0 Å². The van der Waals surface area contributed by atoms with Gasteiger partial charge < -0.3 is 5.11 Å². The van der Waals surface area contributed by atoms with Gasteiger partial charge in [-0.3, -0.25) is 0 Å². The van der Waals surface area contributed by atoms with Crippen molar-refractivity contribution in [2.24, 2.45) is 0 Å².